The molecule has 0 rings (SSSR count). The van der Waals surface area contributed by atoms with Gasteiger partial charge in [0.2, 0.25) is 0 Å². The number of rotatable bonds is 63. The van der Waals surface area contributed by atoms with Crippen LogP contribution < -0.4 is 0 Å². The summed E-state index contributed by atoms with van der Waals surface area (Å²) in [5.74, 6) is -0.853. The lowest BCUT2D eigenvalue weighted by Crippen LogP contribution is -2.30. The molecule has 454 valence electrons. The first kappa shape index (κ1) is 75.1. The van der Waals surface area contributed by atoms with Gasteiger partial charge in [0.15, 0.2) is 6.10 Å². The molecule has 0 aliphatic heterocycles. The highest BCUT2D eigenvalue weighted by Crippen LogP contribution is 2.18. The minimum atomic E-state index is -0.771. The fraction of sp³-hybridized carbons (Fsp3) is 0.819. The van der Waals surface area contributed by atoms with Crippen LogP contribution in [0, 0.1) is 0 Å². The van der Waals surface area contributed by atoms with Crippen LogP contribution in [-0.2, 0) is 28.6 Å². The lowest BCUT2D eigenvalue weighted by molar-refractivity contribution is -0.167. The number of unbranched alkanes of at least 4 members (excludes halogenated alkanes) is 42. The van der Waals surface area contributed by atoms with Crippen molar-refractivity contribution in [1.29, 1.82) is 0 Å². The quantitative estimate of drug-likeness (QED) is 0.0261. The Labute approximate surface area is 485 Å². The zero-order chi connectivity index (χ0) is 56.4. The van der Waals surface area contributed by atoms with Crippen molar-refractivity contribution < 1.29 is 28.6 Å². The van der Waals surface area contributed by atoms with Crippen molar-refractivity contribution in [3.8, 4) is 0 Å². The van der Waals surface area contributed by atoms with Crippen molar-refractivity contribution in [2.75, 3.05) is 13.2 Å². The van der Waals surface area contributed by atoms with Crippen molar-refractivity contribution in [3.05, 3.63) is 60.8 Å². The maximum atomic E-state index is 12.9. The average Bonchev–Trinajstić information content (AvgIpc) is 3.44. The molecule has 0 aromatic heterocycles. The summed E-state index contributed by atoms with van der Waals surface area (Å²) in [4.78, 5) is 38.3. The molecule has 6 nitrogen and oxygen atoms in total. The van der Waals surface area contributed by atoms with Crippen LogP contribution in [0.15, 0.2) is 60.8 Å². The van der Waals surface area contributed by atoms with Crippen molar-refractivity contribution in [3.63, 3.8) is 0 Å². The monoisotopic (exact) mass is 1090 g/mol. The number of hydrogen-bond acceptors (Lipinski definition) is 6. The second-order valence-electron chi connectivity index (χ2n) is 23.1. The number of allylic oxidation sites excluding steroid dienone is 10. The molecule has 0 radical (unpaired) electrons. The van der Waals surface area contributed by atoms with Crippen LogP contribution in [-0.4, -0.2) is 37.2 Å². The molecule has 0 aliphatic carbocycles. The van der Waals surface area contributed by atoms with E-state index < -0.39 is 6.10 Å². The summed E-state index contributed by atoms with van der Waals surface area (Å²) in [5, 5.41) is 0. The Bertz CT molecular complexity index is 1390. The molecule has 0 amide bonds. The predicted octanol–water partition coefficient (Wildman–Crippen LogP) is 23.5. The summed E-state index contributed by atoms with van der Waals surface area (Å²) in [6.07, 6.45) is 85.4. The van der Waals surface area contributed by atoms with Gasteiger partial charge in [-0.2, -0.15) is 0 Å². The van der Waals surface area contributed by atoms with E-state index in [2.05, 4.69) is 81.5 Å². The number of carbonyl (C=O) groups excluding carboxylic acids is 3. The van der Waals surface area contributed by atoms with Gasteiger partial charge in [0, 0.05) is 19.3 Å². The molecule has 0 aliphatic rings. The van der Waals surface area contributed by atoms with Crippen molar-refractivity contribution in [2.45, 2.75) is 367 Å². The molecular formula is C72H130O6. The van der Waals surface area contributed by atoms with Gasteiger partial charge in [-0.1, -0.05) is 338 Å². The van der Waals surface area contributed by atoms with Crippen LogP contribution in [0.1, 0.15) is 361 Å². The smallest absolute Gasteiger partial charge is 0.306 e. The van der Waals surface area contributed by atoms with Crippen LogP contribution in [0.25, 0.3) is 0 Å². The fourth-order valence-electron chi connectivity index (χ4n) is 10.2. The Morgan fingerprint density at radius 1 is 0.269 bits per heavy atom. The van der Waals surface area contributed by atoms with Crippen LogP contribution in [0.3, 0.4) is 0 Å². The largest absolute Gasteiger partial charge is 0.462 e. The minimum absolute atomic E-state index is 0.0696. The molecule has 0 saturated carbocycles. The maximum absolute atomic E-state index is 12.9. The molecule has 0 fully saturated rings. The van der Waals surface area contributed by atoms with E-state index in [0.29, 0.717) is 19.3 Å². The Balaban J connectivity index is 4.15. The molecule has 1 unspecified atom stereocenters. The summed E-state index contributed by atoms with van der Waals surface area (Å²) < 4.78 is 16.9. The van der Waals surface area contributed by atoms with E-state index in [9.17, 15) is 14.4 Å². The zero-order valence-electron chi connectivity index (χ0n) is 52.2. The van der Waals surface area contributed by atoms with Crippen molar-refractivity contribution >= 4 is 17.9 Å². The van der Waals surface area contributed by atoms with E-state index in [1.165, 1.54) is 231 Å². The van der Waals surface area contributed by atoms with Crippen LogP contribution >= 0.6 is 0 Å². The summed E-state index contributed by atoms with van der Waals surface area (Å²) >= 11 is 0. The molecule has 6 heteroatoms. The summed E-state index contributed by atoms with van der Waals surface area (Å²) in [6.45, 7) is 6.56. The van der Waals surface area contributed by atoms with Gasteiger partial charge in [0.25, 0.3) is 0 Å². The second kappa shape index (κ2) is 66.6. The van der Waals surface area contributed by atoms with E-state index in [-0.39, 0.29) is 31.1 Å². The Kier molecular flexibility index (Phi) is 64.2. The highest BCUT2D eigenvalue weighted by atomic mass is 16.6. The summed E-state index contributed by atoms with van der Waals surface area (Å²) in [6, 6.07) is 0. The van der Waals surface area contributed by atoms with Crippen LogP contribution in [0.5, 0.6) is 0 Å². The molecule has 0 heterocycles. The first-order valence-electron chi connectivity index (χ1n) is 34.3. The van der Waals surface area contributed by atoms with Gasteiger partial charge in [0.1, 0.15) is 13.2 Å². The number of hydrogen-bond donors (Lipinski definition) is 0. The lowest BCUT2D eigenvalue weighted by atomic mass is 10.0. The Morgan fingerprint density at radius 2 is 0.500 bits per heavy atom. The number of ether oxygens (including phenoxy) is 3. The molecule has 0 N–H and O–H groups in total. The van der Waals surface area contributed by atoms with Gasteiger partial charge in [-0.25, -0.2) is 0 Å². The zero-order valence-corrected chi connectivity index (χ0v) is 52.2. The molecule has 1 atom stereocenters. The molecule has 78 heavy (non-hydrogen) atoms. The van der Waals surface area contributed by atoms with Crippen molar-refractivity contribution in [2.24, 2.45) is 0 Å². The van der Waals surface area contributed by atoms with Gasteiger partial charge >= 0.3 is 17.9 Å². The maximum Gasteiger partial charge on any atom is 0.306 e. The van der Waals surface area contributed by atoms with Gasteiger partial charge in [0.05, 0.1) is 0 Å². The first-order chi connectivity index (χ1) is 38.5. The van der Waals surface area contributed by atoms with E-state index >= 15 is 0 Å². The average molecular weight is 1090 g/mol. The standard InChI is InChI=1S/C72H130O6/c1-4-7-10-13-16-19-21-23-25-27-29-31-33-35-36-37-39-40-42-44-46-48-50-53-56-59-62-65-71(74)77-68-69(67-76-70(73)64-61-58-55-52-18-15-12-9-6-3)78-72(75)66-63-60-57-54-51-49-47-45-43-41-38-34-32-30-28-26-24-22-20-17-14-11-8-5-2/h7,10,16,19,23,25,29,31,35-36,69H,4-6,8-9,11-15,17-18,20-22,24,26-28,30,32-34,37-68H2,1-3H3/b10-7-,19-16-,25-23-,31-29-,36-35-. The third-order valence-corrected chi connectivity index (χ3v) is 15.3. The summed E-state index contributed by atoms with van der Waals surface area (Å²) in [5.41, 5.74) is 0. The Morgan fingerprint density at radius 3 is 0.782 bits per heavy atom. The molecule has 0 bridgehead atoms. The van der Waals surface area contributed by atoms with Gasteiger partial charge in [-0.3, -0.25) is 14.4 Å². The van der Waals surface area contributed by atoms with Gasteiger partial charge in [-0.15, -0.1) is 0 Å². The molecule has 0 aromatic rings. The van der Waals surface area contributed by atoms with E-state index in [1.54, 1.807) is 0 Å². The molecule has 0 aromatic carbocycles. The van der Waals surface area contributed by atoms with Crippen molar-refractivity contribution in [1.82, 2.24) is 0 Å². The number of carbonyl (C=O) groups is 3. The predicted molar refractivity (Wildman–Crippen MR) is 339 cm³/mol. The molecular weight excluding hydrogens is 961 g/mol. The lowest BCUT2D eigenvalue weighted by Gasteiger charge is -2.18. The Hall–Kier alpha value is -2.89. The third kappa shape index (κ3) is 63.9. The first-order valence-corrected chi connectivity index (χ1v) is 34.3. The van der Waals surface area contributed by atoms with Gasteiger partial charge in [-0.05, 0) is 64.2 Å². The number of esters is 3. The molecule has 0 saturated heterocycles. The van der Waals surface area contributed by atoms with E-state index in [4.69, 9.17) is 14.2 Å². The SMILES string of the molecule is CC/C=C\C/C=C\C/C=C\C/C=C\C/C=C\CCCCCCCCCCCCCC(=O)OCC(COC(=O)CCCCCCCCCCC)OC(=O)CCCCCCCCCCCCCCCCCCCCCCCCCC. The molecule has 0 spiro atoms. The van der Waals surface area contributed by atoms with Crippen LogP contribution in [0.4, 0.5) is 0 Å². The normalized spacial score (nSPS) is 12.4. The third-order valence-electron chi connectivity index (χ3n) is 15.3. The highest BCUT2D eigenvalue weighted by Gasteiger charge is 2.19. The van der Waals surface area contributed by atoms with E-state index in [0.717, 1.165) is 89.9 Å². The topological polar surface area (TPSA) is 78.9 Å². The second-order valence-corrected chi connectivity index (χ2v) is 23.1. The van der Waals surface area contributed by atoms with E-state index in [1.807, 2.05) is 0 Å². The van der Waals surface area contributed by atoms with Crippen LogP contribution in [0.2, 0.25) is 0 Å². The fourth-order valence-corrected chi connectivity index (χ4v) is 10.2. The highest BCUT2D eigenvalue weighted by molar-refractivity contribution is 5.71. The van der Waals surface area contributed by atoms with Gasteiger partial charge < -0.3 is 14.2 Å². The summed E-state index contributed by atoms with van der Waals surface area (Å²) in [7, 11) is 0. The minimum Gasteiger partial charge on any atom is -0.462 e.